The molecule has 1 unspecified atom stereocenters. The number of aromatic nitrogens is 3. The second kappa shape index (κ2) is 10.8. The Morgan fingerprint density at radius 1 is 1.21 bits per heavy atom. The first kappa shape index (κ1) is 24.1. The lowest BCUT2D eigenvalue weighted by atomic mass is 10.2. The van der Waals surface area contributed by atoms with Crippen LogP contribution in [-0.4, -0.2) is 38.5 Å². The molecule has 2 aromatic carbocycles. The van der Waals surface area contributed by atoms with Crippen molar-refractivity contribution in [2.24, 2.45) is 0 Å². The van der Waals surface area contributed by atoms with E-state index in [9.17, 15) is 14.9 Å². The van der Waals surface area contributed by atoms with Crippen LogP contribution >= 0.6 is 11.8 Å². The summed E-state index contributed by atoms with van der Waals surface area (Å²) in [5.74, 6) is 1.84. The van der Waals surface area contributed by atoms with Crippen molar-refractivity contribution >= 4 is 29.0 Å². The maximum absolute atomic E-state index is 12.5. The van der Waals surface area contributed by atoms with Crippen molar-refractivity contribution in [3.63, 3.8) is 0 Å². The van der Waals surface area contributed by atoms with Gasteiger partial charge in [-0.05, 0) is 50.6 Å². The van der Waals surface area contributed by atoms with Crippen LogP contribution < -0.4 is 14.8 Å². The average molecular weight is 472 g/mol. The Morgan fingerprint density at radius 3 is 2.55 bits per heavy atom. The smallest absolute Gasteiger partial charge is 0.271 e. The molecule has 1 aromatic heterocycles. The van der Waals surface area contributed by atoms with Gasteiger partial charge in [0, 0.05) is 18.7 Å². The van der Waals surface area contributed by atoms with E-state index in [1.54, 1.807) is 20.1 Å². The van der Waals surface area contributed by atoms with E-state index in [2.05, 4.69) is 15.5 Å². The van der Waals surface area contributed by atoms with Gasteiger partial charge in [0.15, 0.2) is 17.1 Å². The van der Waals surface area contributed by atoms with E-state index in [4.69, 9.17) is 9.47 Å². The van der Waals surface area contributed by atoms with Crippen LogP contribution in [0.1, 0.15) is 31.3 Å². The zero-order chi connectivity index (χ0) is 24.0. The number of ether oxygens (including phenoxy) is 2. The maximum Gasteiger partial charge on any atom is 0.271 e. The minimum absolute atomic E-state index is 0.0774. The van der Waals surface area contributed by atoms with E-state index in [0.29, 0.717) is 29.0 Å². The number of carbonyl (C=O) groups is 1. The number of nitro groups is 1. The number of nitrogens with one attached hydrogen (secondary N) is 1. The van der Waals surface area contributed by atoms with Gasteiger partial charge in [0.2, 0.25) is 5.91 Å². The highest BCUT2D eigenvalue weighted by Crippen LogP contribution is 2.27. The molecule has 0 saturated heterocycles. The zero-order valence-corrected chi connectivity index (χ0v) is 19.6. The molecule has 0 bridgehead atoms. The fourth-order valence-electron chi connectivity index (χ4n) is 3.09. The van der Waals surface area contributed by atoms with Crippen molar-refractivity contribution in [1.82, 2.24) is 14.8 Å². The maximum atomic E-state index is 12.5. The van der Waals surface area contributed by atoms with Crippen molar-refractivity contribution in [2.45, 2.75) is 38.6 Å². The molecule has 0 saturated carbocycles. The molecule has 0 spiro atoms. The minimum Gasteiger partial charge on any atom is -0.497 e. The van der Waals surface area contributed by atoms with E-state index in [1.165, 1.54) is 23.9 Å². The van der Waals surface area contributed by atoms with Crippen molar-refractivity contribution in [3.05, 3.63) is 64.0 Å². The molecule has 0 radical (unpaired) electrons. The monoisotopic (exact) mass is 471 g/mol. The van der Waals surface area contributed by atoms with Gasteiger partial charge in [0.05, 0.1) is 23.5 Å². The molecule has 10 nitrogen and oxygen atoms in total. The second-order valence-electron chi connectivity index (χ2n) is 7.11. The molecular weight excluding hydrogens is 446 g/mol. The Balaban J connectivity index is 1.64. The van der Waals surface area contributed by atoms with E-state index in [-0.39, 0.29) is 23.5 Å². The van der Waals surface area contributed by atoms with Gasteiger partial charge in [-0.25, -0.2) is 0 Å². The molecule has 3 aromatic rings. The molecule has 1 heterocycles. The fourth-order valence-corrected chi connectivity index (χ4v) is 3.90. The molecular formula is C22H25N5O5S. The number of rotatable bonds is 10. The van der Waals surface area contributed by atoms with Gasteiger partial charge in [-0.1, -0.05) is 17.8 Å². The lowest BCUT2D eigenvalue weighted by Gasteiger charge is -2.16. The summed E-state index contributed by atoms with van der Waals surface area (Å²) in [5, 5.41) is 22.8. The minimum atomic E-state index is -0.496. The van der Waals surface area contributed by atoms with Crippen molar-refractivity contribution in [2.75, 3.05) is 18.2 Å². The first-order valence-corrected chi connectivity index (χ1v) is 11.2. The van der Waals surface area contributed by atoms with E-state index >= 15 is 0 Å². The summed E-state index contributed by atoms with van der Waals surface area (Å²) in [6.07, 6.45) is -0.360. The Labute approximate surface area is 195 Å². The van der Waals surface area contributed by atoms with Crippen LogP contribution in [0.25, 0.3) is 0 Å². The highest BCUT2D eigenvalue weighted by molar-refractivity contribution is 7.99. The predicted octanol–water partition coefficient (Wildman–Crippen LogP) is 4.39. The van der Waals surface area contributed by atoms with Crippen molar-refractivity contribution < 1.29 is 19.2 Å². The lowest BCUT2D eigenvalue weighted by Crippen LogP contribution is -2.16. The van der Waals surface area contributed by atoms with Crippen LogP contribution in [0.15, 0.2) is 47.6 Å². The summed E-state index contributed by atoms with van der Waals surface area (Å²) in [4.78, 5) is 23.0. The molecule has 0 aliphatic carbocycles. The van der Waals surface area contributed by atoms with E-state index in [0.717, 1.165) is 11.3 Å². The first-order valence-electron chi connectivity index (χ1n) is 10.2. The molecule has 0 aliphatic heterocycles. The van der Waals surface area contributed by atoms with Gasteiger partial charge >= 0.3 is 0 Å². The van der Waals surface area contributed by atoms with Gasteiger partial charge < -0.3 is 19.4 Å². The SMILES string of the molecule is CCn1c(SCC(=O)Nc2cc([N+](=O)[O-])ccc2C)nnc1C(C)Oc1ccc(OC)cc1. The molecule has 174 valence electrons. The summed E-state index contributed by atoms with van der Waals surface area (Å²) >= 11 is 1.24. The summed E-state index contributed by atoms with van der Waals surface area (Å²) < 4.78 is 13.0. The number of hydrogen-bond donors (Lipinski definition) is 1. The molecule has 3 rings (SSSR count). The number of anilines is 1. The summed E-state index contributed by atoms with van der Waals surface area (Å²) in [5.41, 5.74) is 1.07. The highest BCUT2D eigenvalue weighted by Gasteiger charge is 2.20. The third-order valence-corrected chi connectivity index (χ3v) is 5.80. The summed E-state index contributed by atoms with van der Waals surface area (Å²) in [7, 11) is 1.60. The number of nitrogens with zero attached hydrogens (tertiary/aromatic N) is 4. The summed E-state index contributed by atoms with van der Waals surface area (Å²) in [6, 6.07) is 11.6. The highest BCUT2D eigenvalue weighted by atomic mass is 32.2. The molecule has 1 amide bonds. The Morgan fingerprint density at radius 2 is 1.91 bits per heavy atom. The van der Waals surface area contributed by atoms with Crippen molar-refractivity contribution in [3.8, 4) is 11.5 Å². The van der Waals surface area contributed by atoms with Gasteiger partial charge in [-0.3, -0.25) is 14.9 Å². The number of aryl methyl sites for hydroxylation is 1. The molecule has 0 fully saturated rings. The van der Waals surface area contributed by atoms with E-state index in [1.807, 2.05) is 42.7 Å². The van der Waals surface area contributed by atoms with Crippen molar-refractivity contribution in [1.29, 1.82) is 0 Å². The van der Waals surface area contributed by atoms with Gasteiger partial charge in [-0.2, -0.15) is 0 Å². The third kappa shape index (κ3) is 6.01. The third-order valence-electron chi connectivity index (χ3n) is 4.84. The standard InChI is InChI=1S/C22H25N5O5S/c1-5-26-21(15(3)32-18-10-8-17(31-4)9-11-18)24-25-22(26)33-13-20(28)23-19-12-16(27(29)30)7-6-14(19)2/h6-12,15H,5,13H2,1-4H3,(H,23,28). The normalized spacial score (nSPS) is 11.6. The van der Waals surface area contributed by atoms with Gasteiger partial charge in [-0.15, -0.1) is 10.2 Å². The number of amides is 1. The predicted molar refractivity (Wildman–Crippen MR) is 125 cm³/mol. The van der Waals surface area contributed by atoms with Crippen LogP contribution in [0.3, 0.4) is 0 Å². The van der Waals surface area contributed by atoms with Crippen LogP contribution in [0.2, 0.25) is 0 Å². The van der Waals surface area contributed by atoms with Gasteiger partial charge in [0.25, 0.3) is 5.69 Å². The molecule has 1 atom stereocenters. The largest absolute Gasteiger partial charge is 0.497 e. The molecule has 11 heteroatoms. The zero-order valence-electron chi connectivity index (χ0n) is 18.8. The number of carbonyl (C=O) groups excluding carboxylic acids is 1. The number of nitro benzene ring substituents is 1. The summed E-state index contributed by atoms with van der Waals surface area (Å²) in [6.45, 7) is 6.22. The Hall–Kier alpha value is -3.60. The number of thioether (sulfide) groups is 1. The van der Waals surface area contributed by atoms with Crippen LogP contribution in [0, 0.1) is 17.0 Å². The fraction of sp³-hybridized carbons (Fsp3) is 0.318. The second-order valence-corrected chi connectivity index (χ2v) is 8.06. The number of methoxy groups -OCH3 is 1. The lowest BCUT2D eigenvalue weighted by molar-refractivity contribution is -0.384. The van der Waals surface area contributed by atoms with Gasteiger partial charge in [0.1, 0.15) is 11.5 Å². The molecule has 1 N–H and O–H groups in total. The van der Waals surface area contributed by atoms with Crippen LogP contribution in [0.4, 0.5) is 11.4 Å². The Bertz CT molecular complexity index is 1130. The van der Waals surface area contributed by atoms with Crippen LogP contribution in [0.5, 0.6) is 11.5 Å². The number of benzene rings is 2. The van der Waals surface area contributed by atoms with E-state index < -0.39 is 4.92 Å². The topological polar surface area (TPSA) is 121 Å². The average Bonchev–Trinajstić information content (AvgIpc) is 3.22. The number of hydrogen-bond acceptors (Lipinski definition) is 8. The quantitative estimate of drug-likeness (QED) is 0.262. The molecule has 0 aliphatic rings. The Kier molecular flexibility index (Phi) is 7.88. The number of non-ortho nitro benzene ring substituents is 1. The van der Waals surface area contributed by atoms with Crippen LogP contribution in [-0.2, 0) is 11.3 Å². The first-order chi connectivity index (χ1) is 15.8. The molecule has 33 heavy (non-hydrogen) atoms.